The molecule has 0 aliphatic heterocycles. The Morgan fingerprint density at radius 3 is 2.56 bits per heavy atom. The molecule has 2 aromatic carbocycles. The lowest BCUT2D eigenvalue weighted by Gasteiger charge is -2.10. The molecule has 2 aromatic heterocycles. The number of carbonyl (C=O) groups is 2. The number of nitrogens with zero attached hydrogens (tertiary/aromatic N) is 3. The largest absolute Gasteiger partial charge is 0.497 e. The topological polar surface area (TPSA) is 143 Å². The summed E-state index contributed by atoms with van der Waals surface area (Å²) in [5, 5.41) is 20.1. The highest BCUT2D eigenvalue weighted by atomic mass is 32.1. The first-order chi connectivity index (χ1) is 17.2. The number of hydrogen-bond donors (Lipinski definition) is 1. The van der Waals surface area contributed by atoms with Crippen molar-refractivity contribution in [3.8, 4) is 11.4 Å². The van der Waals surface area contributed by atoms with E-state index in [1.807, 2.05) is 0 Å². The van der Waals surface area contributed by atoms with E-state index in [9.17, 15) is 24.5 Å². The molecule has 11 nitrogen and oxygen atoms in total. The Bertz CT molecular complexity index is 1560. The van der Waals surface area contributed by atoms with Crippen molar-refractivity contribution in [3.63, 3.8) is 0 Å². The van der Waals surface area contributed by atoms with Gasteiger partial charge in [0, 0.05) is 28.0 Å². The first-order valence-electron chi connectivity index (χ1n) is 10.7. The smallest absolute Gasteiger partial charge is 0.359 e. The molecule has 12 heteroatoms. The summed E-state index contributed by atoms with van der Waals surface area (Å²) >= 11 is 1.03. The molecule has 4 aromatic rings. The maximum atomic E-state index is 13.5. The molecule has 0 saturated heterocycles. The molecule has 1 N–H and O–H groups in total. The first-order valence-corrected chi connectivity index (χ1v) is 11.6. The Hall–Kier alpha value is -4.58. The number of anilines is 1. The van der Waals surface area contributed by atoms with Gasteiger partial charge in [-0.25, -0.2) is 4.79 Å². The van der Waals surface area contributed by atoms with Crippen LogP contribution in [0, 0.1) is 17.0 Å². The van der Waals surface area contributed by atoms with E-state index in [-0.39, 0.29) is 39.3 Å². The Labute approximate surface area is 208 Å². The molecule has 0 fully saturated rings. The SMILES string of the molecule is CCOC(=O)c1nn(-c2ccc(OC)cc2)c(=O)c2c(NC(=O)c3ccc(C)c([N+](=O)[O-])c3)scc12. The van der Waals surface area contributed by atoms with Crippen molar-refractivity contribution in [3.05, 3.63) is 85.1 Å². The first kappa shape index (κ1) is 24.5. The monoisotopic (exact) mass is 508 g/mol. The van der Waals surface area contributed by atoms with Crippen LogP contribution >= 0.6 is 11.3 Å². The van der Waals surface area contributed by atoms with Crippen LogP contribution in [0.5, 0.6) is 5.75 Å². The van der Waals surface area contributed by atoms with E-state index in [1.54, 1.807) is 38.1 Å². The van der Waals surface area contributed by atoms with Crippen molar-refractivity contribution in [1.29, 1.82) is 0 Å². The predicted molar refractivity (Wildman–Crippen MR) is 134 cm³/mol. The van der Waals surface area contributed by atoms with Gasteiger partial charge in [-0.3, -0.25) is 19.7 Å². The van der Waals surface area contributed by atoms with E-state index in [0.29, 0.717) is 17.0 Å². The van der Waals surface area contributed by atoms with E-state index in [2.05, 4.69) is 10.4 Å². The predicted octanol–water partition coefficient (Wildman–Crippen LogP) is 4.10. The van der Waals surface area contributed by atoms with E-state index < -0.39 is 22.4 Å². The van der Waals surface area contributed by atoms with Gasteiger partial charge in [0.05, 0.1) is 29.7 Å². The Balaban J connectivity index is 1.84. The van der Waals surface area contributed by atoms with Crippen LogP contribution in [0.4, 0.5) is 10.7 Å². The number of esters is 1. The summed E-state index contributed by atoms with van der Waals surface area (Å²) in [6.07, 6.45) is 0. The molecule has 0 spiro atoms. The highest BCUT2D eigenvalue weighted by Crippen LogP contribution is 2.31. The highest BCUT2D eigenvalue weighted by molar-refractivity contribution is 7.16. The average molecular weight is 509 g/mol. The quantitative estimate of drug-likeness (QED) is 0.223. The number of nitrogens with one attached hydrogen (secondary N) is 1. The number of ether oxygens (including phenoxy) is 2. The molecule has 0 bridgehead atoms. The number of fused-ring (bicyclic) bond motifs is 1. The zero-order chi connectivity index (χ0) is 26.0. The van der Waals surface area contributed by atoms with Gasteiger partial charge in [0.1, 0.15) is 10.8 Å². The van der Waals surface area contributed by atoms with Crippen molar-refractivity contribution in [2.75, 3.05) is 19.0 Å². The van der Waals surface area contributed by atoms with Crippen LogP contribution in [-0.4, -0.2) is 40.3 Å². The second kappa shape index (κ2) is 9.96. The molecule has 0 radical (unpaired) electrons. The van der Waals surface area contributed by atoms with Crippen molar-refractivity contribution in [2.24, 2.45) is 0 Å². The second-order valence-corrected chi connectivity index (χ2v) is 8.43. The minimum absolute atomic E-state index is 0.0454. The number of thiophene rings is 1. The number of aryl methyl sites for hydroxylation is 1. The zero-order valence-electron chi connectivity index (χ0n) is 19.4. The lowest BCUT2D eigenvalue weighted by Crippen LogP contribution is -2.25. The summed E-state index contributed by atoms with van der Waals surface area (Å²) in [4.78, 5) is 49.8. The molecular weight excluding hydrogens is 488 g/mol. The van der Waals surface area contributed by atoms with Crippen molar-refractivity contribution < 1.29 is 24.0 Å². The van der Waals surface area contributed by atoms with Crippen LogP contribution in [0.25, 0.3) is 16.5 Å². The van der Waals surface area contributed by atoms with Gasteiger partial charge in [-0.05, 0) is 44.2 Å². The van der Waals surface area contributed by atoms with Crippen LogP contribution in [0.15, 0.2) is 52.6 Å². The molecule has 0 atom stereocenters. The fourth-order valence-electron chi connectivity index (χ4n) is 3.51. The minimum atomic E-state index is -0.727. The molecule has 2 heterocycles. The Kier molecular flexibility index (Phi) is 6.79. The summed E-state index contributed by atoms with van der Waals surface area (Å²) in [6.45, 7) is 3.32. The van der Waals surface area contributed by atoms with Crippen LogP contribution in [0.1, 0.15) is 33.3 Å². The van der Waals surface area contributed by atoms with Crippen molar-refractivity contribution in [2.45, 2.75) is 13.8 Å². The molecule has 36 heavy (non-hydrogen) atoms. The number of carbonyl (C=O) groups excluding carboxylic acids is 2. The highest BCUT2D eigenvalue weighted by Gasteiger charge is 2.24. The normalized spacial score (nSPS) is 10.8. The third-order valence-corrected chi connectivity index (χ3v) is 6.23. The van der Waals surface area contributed by atoms with E-state index in [1.165, 1.54) is 30.7 Å². The van der Waals surface area contributed by atoms with Gasteiger partial charge in [0.15, 0.2) is 5.69 Å². The number of amides is 1. The standard InChI is InChI=1S/C24H20N4O7S/c1-4-35-24(31)20-17-12-36-22(25-21(29)14-6-5-13(2)18(11-14)28(32)33)19(17)23(30)27(26-20)15-7-9-16(34-3)10-8-15/h5-12H,4H2,1-3H3,(H,25,29). The number of rotatable bonds is 7. The number of nitro benzene ring substituents is 1. The fraction of sp³-hybridized carbons (Fsp3) is 0.167. The number of aromatic nitrogens is 2. The Morgan fingerprint density at radius 2 is 1.92 bits per heavy atom. The second-order valence-electron chi connectivity index (χ2n) is 7.55. The van der Waals surface area contributed by atoms with Gasteiger partial charge in [0.2, 0.25) is 0 Å². The third-order valence-electron chi connectivity index (χ3n) is 5.33. The number of nitro groups is 1. The number of benzene rings is 2. The van der Waals surface area contributed by atoms with Gasteiger partial charge in [0.25, 0.3) is 17.2 Å². The van der Waals surface area contributed by atoms with Crippen LogP contribution in [0.3, 0.4) is 0 Å². The molecule has 1 amide bonds. The van der Waals surface area contributed by atoms with Gasteiger partial charge in [-0.15, -0.1) is 11.3 Å². The lowest BCUT2D eigenvalue weighted by molar-refractivity contribution is -0.385. The fourth-order valence-corrected chi connectivity index (χ4v) is 4.44. The van der Waals surface area contributed by atoms with Gasteiger partial charge < -0.3 is 14.8 Å². The summed E-state index contributed by atoms with van der Waals surface area (Å²) in [6, 6.07) is 10.6. The van der Waals surface area contributed by atoms with E-state index in [4.69, 9.17) is 9.47 Å². The maximum absolute atomic E-state index is 13.5. The lowest BCUT2D eigenvalue weighted by atomic mass is 10.1. The summed E-state index contributed by atoms with van der Waals surface area (Å²) < 4.78 is 11.3. The van der Waals surface area contributed by atoms with Crippen LogP contribution < -0.4 is 15.6 Å². The maximum Gasteiger partial charge on any atom is 0.359 e. The number of hydrogen-bond acceptors (Lipinski definition) is 9. The third kappa shape index (κ3) is 4.53. The molecule has 0 saturated carbocycles. The van der Waals surface area contributed by atoms with Gasteiger partial charge in [-0.2, -0.15) is 9.78 Å². The summed E-state index contributed by atoms with van der Waals surface area (Å²) in [5.41, 5.74) is -0.0467. The minimum Gasteiger partial charge on any atom is -0.497 e. The van der Waals surface area contributed by atoms with Crippen LogP contribution in [0.2, 0.25) is 0 Å². The summed E-state index contributed by atoms with van der Waals surface area (Å²) in [5.74, 6) is -0.810. The average Bonchev–Trinajstić information content (AvgIpc) is 3.28. The number of methoxy groups -OCH3 is 1. The molecule has 184 valence electrons. The molecule has 0 aliphatic rings. The molecule has 0 aliphatic carbocycles. The van der Waals surface area contributed by atoms with Crippen LogP contribution in [-0.2, 0) is 4.74 Å². The van der Waals surface area contributed by atoms with E-state index >= 15 is 0 Å². The van der Waals surface area contributed by atoms with Crippen molar-refractivity contribution >= 4 is 44.7 Å². The van der Waals surface area contributed by atoms with E-state index in [0.717, 1.165) is 16.0 Å². The Morgan fingerprint density at radius 1 is 1.19 bits per heavy atom. The molecule has 0 unspecified atom stereocenters. The summed E-state index contributed by atoms with van der Waals surface area (Å²) in [7, 11) is 1.51. The van der Waals surface area contributed by atoms with Gasteiger partial charge in [-0.1, -0.05) is 6.07 Å². The van der Waals surface area contributed by atoms with Gasteiger partial charge >= 0.3 is 5.97 Å². The molecular formula is C24H20N4O7S. The van der Waals surface area contributed by atoms with Crippen molar-refractivity contribution in [1.82, 2.24) is 9.78 Å². The molecule has 4 rings (SSSR count). The zero-order valence-corrected chi connectivity index (χ0v) is 20.3.